The van der Waals surface area contributed by atoms with E-state index in [0.717, 1.165) is 16.9 Å². The number of pyridine rings is 1. The molecule has 0 saturated heterocycles. The number of hydrogen-bond acceptors (Lipinski definition) is 4. The number of aromatic nitrogens is 1. The van der Waals surface area contributed by atoms with Crippen molar-refractivity contribution in [3.63, 3.8) is 0 Å². The highest BCUT2D eigenvalue weighted by Gasteiger charge is 2.36. The number of nitrogens with zero attached hydrogens (tertiary/aromatic N) is 1. The molecule has 2 N–H and O–H groups in total. The summed E-state index contributed by atoms with van der Waals surface area (Å²) in [6.45, 7) is 6.84. The lowest BCUT2D eigenvalue weighted by molar-refractivity contribution is 0.209. The molecule has 3 rings (SSSR count). The lowest BCUT2D eigenvalue weighted by atomic mass is 9.85. The zero-order chi connectivity index (χ0) is 16.6. The molecular weight excluding hydrogens is 296 g/mol. The van der Waals surface area contributed by atoms with Crippen LogP contribution in [0.2, 0.25) is 0 Å². The van der Waals surface area contributed by atoms with Gasteiger partial charge in [-0.2, -0.15) is 0 Å². The highest BCUT2D eigenvalue weighted by atomic mass is 16.5. The number of nitrogens with one attached hydrogen (secondary N) is 1. The van der Waals surface area contributed by atoms with Gasteiger partial charge in [0.2, 0.25) is 5.88 Å². The van der Waals surface area contributed by atoms with Gasteiger partial charge in [-0.15, -0.1) is 0 Å². The van der Waals surface area contributed by atoms with Crippen LogP contribution in [0, 0.1) is 6.92 Å². The van der Waals surface area contributed by atoms with E-state index >= 15 is 0 Å². The first kappa shape index (κ1) is 15.1. The Labute approximate surface area is 134 Å². The van der Waals surface area contributed by atoms with Crippen LogP contribution in [0.3, 0.4) is 0 Å². The first-order valence-electron chi connectivity index (χ1n) is 7.27. The van der Waals surface area contributed by atoms with Crippen LogP contribution in [-0.4, -0.2) is 22.8 Å². The normalized spacial score (nSPS) is 14.7. The summed E-state index contributed by atoms with van der Waals surface area (Å²) in [5.41, 5.74) is 2.36. The Morgan fingerprint density at radius 3 is 2.78 bits per heavy atom. The van der Waals surface area contributed by atoms with E-state index in [1.54, 1.807) is 12.1 Å². The monoisotopic (exact) mass is 314 g/mol. The summed E-state index contributed by atoms with van der Waals surface area (Å²) >= 11 is 0. The molecule has 1 aromatic heterocycles. The second kappa shape index (κ2) is 5.46. The van der Waals surface area contributed by atoms with Crippen LogP contribution in [-0.2, 0) is 5.41 Å². The molecule has 0 fully saturated rings. The largest absolute Gasteiger partial charge is 0.492 e. The van der Waals surface area contributed by atoms with Gasteiger partial charge < -0.3 is 14.6 Å². The minimum atomic E-state index is -1.13. The standard InChI is InChI=1S/C17H18N2O4/c1-10-4-6-12(14-15(10)22-9-17(14,2)3)23-13-7-5-11(8-18-13)19-16(20)21/h4-8,19H,9H2,1-3H3,(H,20,21). The van der Waals surface area contributed by atoms with Crippen LogP contribution in [0.15, 0.2) is 30.5 Å². The number of ether oxygens (including phenoxy) is 2. The molecule has 0 radical (unpaired) electrons. The summed E-state index contributed by atoms with van der Waals surface area (Å²) in [7, 11) is 0. The van der Waals surface area contributed by atoms with Crippen LogP contribution in [0.25, 0.3) is 0 Å². The Balaban J connectivity index is 1.90. The molecular formula is C17H18N2O4. The second-order valence-corrected chi connectivity index (χ2v) is 6.17. The lowest BCUT2D eigenvalue weighted by Gasteiger charge is -2.19. The topological polar surface area (TPSA) is 80.7 Å². The van der Waals surface area contributed by atoms with Crippen molar-refractivity contribution in [3.05, 3.63) is 41.6 Å². The number of amides is 1. The number of aryl methyl sites for hydroxylation is 1. The quantitative estimate of drug-likeness (QED) is 0.896. The fourth-order valence-electron chi connectivity index (χ4n) is 2.66. The molecule has 0 spiro atoms. The Morgan fingerprint density at radius 2 is 2.13 bits per heavy atom. The Hall–Kier alpha value is -2.76. The molecule has 0 saturated carbocycles. The lowest BCUT2D eigenvalue weighted by Crippen LogP contribution is -2.19. The number of carboxylic acid groups (broad SMARTS) is 1. The van der Waals surface area contributed by atoms with Gasteiger partial charge in [-0.1, -0.05) is 19.9 Å². The summed E-state index contributed by atoms with van der Waals surface area (Å²) in [5, 5.41) is 10.9. The molecule has 2 heterocycles. The van der Waals surface area contributed by atoms with E-state index in [1.165, 1.54) is 6.20 Å². The Kier molecular flexibility index (Phi) is 3.60. The molecule has 2 aromatic rings. The van der Waals surface area contributed by atoms with Gasteiger partial charge in [0.05, 0.1) is 18.5 Å². The van der Waals surface area contributed by atoms with Crippen molar-refractivity contribution >= 4 is 11.8 Å². The van der Waals surface area contributed by atoms with Crippen molar-refractivity contribution in [2.45, 2.75) is 26.2 Å². The van der Waals surface area contributed by atoms with Crippen LogP contribution < -0.4 is 14.8 Å². The van der Waals surface area contributed by atoms with E-state index in [2.05, 4.69) is 24.1 Å². The molecule has 1 aromatic carbocycles. The Morgan fingerprint density at radius 1 is 1.35 bits per heavy atom. The third-order valence-electron chi connectivity index (χ3n) is 3.77. The number of benzene rings is 1. The van der Waals surface area contributed by atoms with Crippen LogP contribution in [0.5, 0.6) is 17.4 Å². The van der Waals surface area contributed by atoms with Crippen molar-refractivity contribution in [1.82, 2.24) is 4.98 Å². The molecule has 23 heavy (non-hydrogen) atoms. The van der Waals surface area contributed by atoms with Crippen molar-refractivity contribution in [3.8, 4) is 17.4 Å². The molecule has 0 bridgehead atoms. The van der Waals surface area contributed by atoms with Gasteiger partial charge in [-0.25, -0.2) is 9.78 Å². The predicted octanol–water partition coefficient (Wildman–Crippen LogP) is 3.94. The summed E-state index contributed by atoms with van der Waals surface area (Å²) in [6.07, 6.45) is 0.287. The maximum atomic E-state index is 10.6. The molecule has 0 atom stereocenters. The number of anilines is 1. The third kappa shape index (κ3) is 2.92. The predicted molar refractivity (Wildman–Crippen MR) is 85.7 cm³/mol. The number of hydrogen-bond donors (Lipinski definition) is 2. The zero-order valence-electron chi connectivity index (χ0n) is 13.2. The van der Waals surface area contributed by atoms with E-state index < -0.39 is 6.09 Å². The van der Waals surface area contributed by atoms with Gasteiger partial charge >= 0.3 is 6.09 Å². The molecule has 1 aliphatic heterocycles. The number of fused-ring (bicyclic) bond motifs is 1. The average Bonchev–Trinajstić information content (AvgIpc) is 2.80. The number of carbonyl (C=O) groups is 1. The summed E-state index contributed by atoms with van der Waals surface area (Å²) in [6, 6.07) is 7.10. The molecule has 6 nitrogen and oxygen atoms in total. The Bertz CT molecular complexity index is 754. The molecule has 1 aliphatic rings. The summed E-state index contributed by atoms with van der Waals surface area (Å²) in [5.74, 6) is 1.98. The van der Waals surface area contributed by atoms with Crippen LogP contribution in [0.1, 0.15) is 25.0 Å². The van der Waals surface area contributed by atoms with Crippen molar-refractivity contribution in [2.24, 2.45) is 0 Å². The molecule has 0 unspecified atom stereocenters. The summed E-state index contributed by atoms with van der Waals surface area (Å²) < 4.78 is 11.7. The second-order valence-electron chi connectivity index (χ2n) is 6.17. The van der Waals surface area contributed by atoms with Gasteiger partial charge in [-0.05, 0) is 24.6 Å². The fourth-order valence-corrected chi connectivity index (χ4v) is 2.66. The minimum Gasteiger partial charge on any atom is -0.492 e. The maximum Gasteiger partial charge on any atom is 0.409 e. The summed E-state index contributed by atoms with van der Waals surface area (Å²) in [4.78, 5) is 14.7. The molecule has 6 heteroatoms. The van der Waals surface area contributed by atoms with Crippen molar-refractivity contribution < 1.29 is 19.4 Å². The fraction of sp³-hybridized carbons (Fsp3) is 0.294. The van der Waals surface area contributed by atoms with Crippen molar-refractivity contribution in [1.29, 1.82) is 0 Å². The smallest absolute Gasteiger partial charge is 0.409 e. The third-order valence-corrected chi connectivity index (χ3v) is 3.77. The first-order chi connectivity index (χ1) is 10.9. The van der Waals surface area contributed by atoms with E-state index in [4.69, 9.17) is 14.6 Å². The van der Waals surface area contributed by atoms with Gasteiger partial charge in [0.15, 0.2) is 0 Å². The van der Waals surface area contributed by atoms with Crippen LogP contribution in [0.4, 0.5) is 10.5 Å². The maximum absolute atomic E-state index is 10.6. The average molecular weight is 314 g/mol. The van der Waals surface area contributed by atoms with Gasteiger partial charge in [-0.3, -0.25) is 5.32 Å². The van der Waals surface area contributed by atoms with Gasteiger partial charge in [0.25, 0.3) is 0 Å². The van der Waals surface area contributed by atoms with E-state index in [9.17, 15) is 4.79 Å². The molecule has 1 amide bonds. The zero-order valence-corrected chi connectivity index (χ0v) is 13.2. The highest BCUT2D eigenvalue weighted by Crippen LogP contribution is 2.46. The highest BCUT2D eigenvalue weighted by molar-refractivity contribution is 5.82. The number of rotatable bonds is 3. The minimum absolute atomic E-state index is 0.137. The SMILES string of the molecule is Cc1ccc(Oc2ccc(NC(=O)O)cn2)c2c1OCC2(C)C. The van der Waals surface area contributed by atoms with Gasteiger partial charge in [0, 0.05) is 17.0 Å². The van der Waals surface area contributed by atoms with Crippen molar-refractivity contribution in [2.75, 3.05) is 11.9 Å². The van der Waals surface area contributed by atoms with E-state index in [0.29, 0.717) is 23.9 Å². The molecule has 120 valence electrons. The van der Waals surface area contributed by atoms with Crippen LogP contribution >= 0.6 is 0 Å². The molecule has 0 aliphatic carbocycles. The van der Waals surface area contributed by atoms with Gasteiger partial charge in [0.1, 0.15) is 11.5 Å². The van der Waals surface area contributed by atoms with E-state index in [1.807, 2.05) is 19.1 Å². The van der Waals surface area contributed by atoms with E-state index in [-0.39, 0.29) is 5.41 Å². The first-order valence-corrected chi connectivity index (χ1v) is 7.27.